The average Bonchev–Trinajstić information content (AvgIpc) is 3.41. The van der Waals surface area contributed by atoms with E-state index in [2.05, 4.69) is 15.6 Å². The van der Waals surface area contributed by atoms with Gasteiger partial charge in [0.2, 0.25) is 11.8 Å². The molecule has 1 heterocycles. The lowest BCUT2D eigenvalue weighted by atomic mass is 9.91. The fourth-order valence-corrected chi connectivity index (χ4v) is 5.49. The van der Waals surface area contributed by atoms with Crippen LogP contribution in [0.25, 0.3) is 10.8 Å². The van der Waals surface area contributed by atoms with Crippen LogP contribution in [0.2, 0.25) is 0 Å². The lowest BCUT2D eigenvalue weighted by molar-refractivity contribution is -0.141. The zero-order valence-electron chi connectivity index (χ0n) is 23.0. The molecule has 0 unspecified atom stereocenters. The number of fused-ring (bicyclic) bond motifs is 1. The highest BCUT2D eigenvalue weighted by atomic mass is 32.1. The molecular formula is C30H39N3O5S. The van der Waals surface area contributed by atoms with Gasteiger partial charge in [0.25, 0.3) is 0 Å². The van der Waals surface area contributed by atoms with Gasteiger partial charge in [0.05, 0.1) is 18.4 Å². The lowest BCUT2D eigenvalue weighted by Gasteiger charge is -2.28. The average molecular weight is 554 g/mol. The molecule has 4 N–H and O–H groups in total. The largest absolute Gasteiger partial charge is 0.481 e. The Labute approximate surface area is 233 Å². The van der Waals surface area contributed by atoms with Crippen LogP contribution < -0.4 is 10.6 Å². The molecular weight excluding hydrogens is 514 g/mol. The maximum absolute atomic E-state index is 13.5. The maximum Gasteiger partial charge on any atom is 0.304 e. The number of carboxylic acids is 1. The van der Waals surface area contributed by atoms with E-state index < -0.39 is 41.9 Å². The number of aliphatic hydroxyl groups excluding tert-OH is 1. The van der Waals surface area contributed by atoms with Crippen LogP contribution in [0.3, 0.4) is 0 Å². The van der Waals surface area contributed by atoms with Crippen LogP contribution in [-0.2, 0) is 20.8 Å². The van der Waals surface area contributed by atoms with Crippen molar-refractivity contribution >= 4 is 39.9 Å². The van der Waals surface area contributed by atoms with E-state index in [-0.39, 0.29) is 24.7 Å². The molecule has 0 spiro atoms. The Morgan fingerprint density at radius 2 is 1.62 bits per heavy atom. The molecule has 39 heavy (non-hydrogen) atoms. The Kier molecular flexibility index (Phi) is 11.0. The topological polar surface area (TPSA) is 129 Å². The second-order valence-corrected chi connectivity index (χ2v) is 11.8. The van der Waals surface area contributed by atoms with E-state index in [4.69, 9.17) is 0 Å². The number of thiazole rings is 1. The van der Waals surface area contributed by atoms with Crippen molar-refractivity contribution in [1.82, 2.24) is 15.6 Å². The molecule has 3 rings (SSSR count). The summed E-state index contributed by atoms with van der Waals surface area (Å²) < 4.78 is 0. The van der Waals surface area contributed by atoms with Crippen molar-refractivity contribution < 1.29 is 24.6 Å². The number of amides is 2. The molecule has 8 nitrogen and oxygen atoms in total. The standard InChI is InChI=1S/C30H39N3O5S/c1-18(2)14-24(27(36)30-31-12-13-39-30)32-29(38)25(15-19(3)4)33-28(37)22(17-26(34)35)16-21-10-7-9-20-8-5-6-11-23(20)21/h5-13,18-19,22,24-25,27,36H,14-17H2,1-4H3,(H,32,38)(H,33,37)(H,34,35)/t22-,24-,25+,27+/m1/s1. The summed E-state index contributed by atoms with van der Waals surface area (Å²) in [6.45, 7) is 7.91. The number of carbonyl (C=O) groups excluding carboxylic acids is 2. The number of hydrogen-bond acceptors (Lipinski definition) is 6. The first-order valence-electron chi connectivity index (χ1n) is 13.4. The highest BCUT2D eigenvalue weighted by Gasteiger charge is 2.32. The predicted molar refractivity (Wildman–Crippen MR) is 153 cm³/mol. The van der Waals surface area contributed by atoms with Gasteiger partial charge in [-0.1, -0.05) is 70.2 Å². The first-order chi connectivity index (χ1) is 18.5. The molecule has 2 amide bonds. The number of nitrogens with one attached hydrogen (secondary N) is 2. The van der Waals surface area contributed by atoms with Gasteiger partial charge in [-0.3, -0.25) is 14.4 Å². The van der Waals surface area contributed by atoms with Crippen LogP contribution in [0.15, 0.2) is 54.0 Å². The van der Waals surface area contributed by atoms with Crippen LogP contribution in [0, 0.1) is 17.8 Å². The molecule has 0 aliphatic carbocycles. The minimum atomic E-state index is -1.08. The van der Waals surface area contributed by atoms with Crippen LogP contribution >= 0.6 is 11.3 Å². The zero-order chi connectivity index (χ0) is 28.5. The van der Waals surface area contributed by atoms with Gasteiger partial charge in [0, 0.05) is 11.6 Å². The molecule has 0 radical (unpaired) electrons. The molecule has 3 aromatic rings. The third kappa shape index (κ3) is 8.86. The number of carbonyl (C=O) groups is 3. The molecule has 9 heteroatoms. The number of aromatic nitrogens is 1. The molecule has 0 saturated heterocycles. The van der Waals surface area contributed by atoms with Gasteiger partial charge in [0.1, 0.15) is 17.2 Å². The van der Waals surface area contributed by atoms with Gasteiger partial charge in [-0.2, -0.15) is 0 Å². The van der Waals surface area contributed by atoms with Crippen molar-refractivity contribution in [3.63, 3.8) is 0 Å². The lowest BCUT2D eigenvalue weighted by Crippen LogP contribution is -2.53. The molecule has 210 valence electrons. The van der Waals surface area contributed by atoms with Crippen molar-refractivity contribution in [2.75, 3.05) is 0 Å². The van der Waals surface area contributed by atoms with Gasteiger partial charge < -0.3 is 20.8 Å². The first-order valence-corrected chi connectivity index (χ1v) is 14.3. The number of aliphatic carboxylic acids is 1. The van der Waals surface area contributed by atoms with Crippen molar-refractivity contribution in [3.8, 4) is 0 Å². The van der Waals surface area contributed by atoms with E-state index in [1.54, 1.807) is 11.6 Å². The van der Waals surface area contributed by atoms with Gasteiger partial charge in [0.15, 0.2) is 0 Å². The molecule has 1 aromatic heterocycles. The second-order valence-electron chi connectivity index (χ2n) is 10.9. The Hall–Kier alpha value is -3.30. The number of nitrogens with zero attached hydrogens (tertiary/aromatic N) is 1. The van der Waals surface area contributed by atoms with Gasteiger partial charge >= 0.3 is 5.97 Å². The number of aliphatic hydroxyl groups is 1. The third-order valence-corrected chi connectivity index (χ3v) is 7.46. The quantitative estimate of drug-likeness (QED) is 0.229. The molecule has 2 aromatic carbocycles. The summed E-state index contributed by atoms with van der Waals surface area (Å²) in [5, 5.41) is 30.6. The molecule has 0 aliphatic rings. The van der Waals surface area contributed by atoms with E-state index in [1.165, 1.54) is 11.3 Å². The van der Waals surface area contributed by atoms with Crippen molar-refractivity contribution in [3.05, 3.63) is 64.6 Å². The molecule has 0 bridgehead atoms. The van der Waals surface area contributed by atoms with E-state index >= 15 is 0 Å². The number of carboxylic acid groups (broad SMARTS) is 1. The molecule has 0 fully saturated rings. The minimum Gasteiger partial charge on any atom is -0.481 e. The summed E-state index contributed by atoms with van der Waals surface area (Å²) in [6, 6.07) is 12.1. The van der Waals surface area contributed by atoms with Crippen molar-refractivity contribution in [2.24, 2.45) is 17.8 Å². The van der Waals surface area contributed by atoms with Crippen LogP contribution in [-0.4, -0.2) is 45.1 Å². The second kappa shape index (κ2) is 14.2. The highest BCUT2D eigenvalue weighted by molar-refractivity contribution is 7.09. The monoisotopic (exact) mass is 553 g/mol. The molecule has 0 aliphatic heterocycles. The molecule has 0 saturated carbocycles. The number of benzene rings is 2. The SMILES string of the molecule is CC(C)C[C@H](NC(=O)[C@@H](CC(=O)O)Cc1cccc2ccccc12)C(=O)N[C@H](CC(C)C)[C@H](O)c1nccs1. The van der Waals surface area contributed by atoms with Gasteiger partial charge in [-0.05, 0) is 47.4 Å². The highest BCUT2D eigenvalue weighted by Crippen LogP contribution is 2.25. The molecule has 4 atom stereocenters. The normalized spacial score (nSPS) is 14.6. The Morgan fingerprint density at radius 3 is 2.26 bits per heavy atom. The van der Waals surface area contributed by atoms with E-state index in [0.717, 1.165) is 16.3 Å². The minimum absolute atomic E-state index is 0.0875. The van der Waals surface area contributed by atoms with Crippen molar-refractivity contribution in [1.29, 1.82) is 0 Å². The Morgan fingerprint density at radius 1 is 0.923 bits per heavy atom. The van der Waals surface area contributed by atoms with Crippen LogP contribution in [0.5, 0.6) is 0 Å². The summed E-state index contributed by atoms with van der Waals surface area (Å²) in [5.74, 6) is -2.54. The Bertz CT molecular complexity index is 1240. The zero-order valence-corrected chi connectivity index (χ0v) is 23.8. The third-order valence-electron chi connectivity index (χ3n) is 6.62. The maximum atomic E-state index is 13.5. The smallest absolute Gasteiger partial charge is 0.304 e. The Balaban J connectivity index is 1.80. The predicted octanol–water partition coefficient (Wildman–Crippen LogP) is 4.73. The fourth-order valence-electron chi connectivity index (χ4n) is 4.81. The van der Waals surface area contributed by atoms with Crippen LogP contribution in [0.4, 0.5) is 0 Å². The van der Waals surface area contributed by atoms with Crippen LogP contribution in [0.1, 0.15) is 63.6 Å². The summed E-state index contributed by atoms with van der Waals surface area (Å²) in [5.41, 5.74) is 0.878. The van der Waals surface area contributed by atoms with Gasteiger partial charge in [-0.15, -0.1) is 11.3 Å². The summed E-state index contributed by atoms with van der Waals surface area (Å²) in [7, 11) is 0. The van der Waals surface area contributed by atoms with E-state index in [1.807, 2.05) is 70.2 Å². The summed E-state index contributed by atoms with van der Waals surface area (Å²) in [4.78, 5) is 42.9. The fraction of sp³-hybridized carbons (Fsp3) is 0.467. The van der Waals surface area contributed by atoms with E-state index in [0.29, 0.717) is 17.8 Å². The van der Waals surface area contributed by atoms with Gasteiger partial charge in [-0.25, -0.2) is 4.98 Å². The summed E-state index contributed by atoms with van der Waals surface area (Å²) >= 11 is 1.32. The first kappa shape index (κ1) is 30.2. The van der Waals surface area contributed by atoms with E-state index in [9.17, 15) is 24.6 Å². The summed E-state index contributed by atoms with van der Waals surface area (Å²) in [6.07, 6.45) is 1.40. The van der Waals surface area contributed by atoms with Crippen molar-refractivity contribution in [2.45, 2.75) is 71.6 Å². The number of rotatable bonds is 14. The number of hydrogen-bond donors (Lipinski definition) is 4.